The minimum Gasteiger partial charge on any atom is -0.483 e. The highest BCUT2D eigenvalue weighted by Gasteiger charge is 2.28. The van der Waals surface area contributed by atoms with Crippen LogP contribution in [-0.4, -0.2) is 56.1 Å². The summed E-state index contributed by atoms with van der Waals surface area (Å²) in [4.78, 5) is 39.6. The van der Waals surface area contributed by atoms with Crippen LogP contribution in [0, 0.1) is 11.3 Å². The molecule has 3 N–H and O–H groups in total. The van der Waals surface area contributed by atoms with E-state index in [0.717, 1.165) is 24.1 Å². The Bertz CT molecular complexity index is 1200. The topological polar surface area (TPSA) is 152 Å². The lowest BCUT2D eigenvalue weighted by molar-refractivity contribution is -0.122. The zero-order valence-electron chi connectivity index (χ0n) is 19.3. The number of pyridine rings is 1. The highest BCUT2D eigenvalue weighted by atomic mass is 16.3. The maximum absolute atomic E-state index is 12.8. The normalized spacial score (nSPS) is 12.9. The number of nitrogens with zero attached hydrogens (tertiary/aromatic N) is 4. The van der Waals surface area contributed by atoms with Crippen LogP contribution in [0.4, 0.5) is 0 Å². The molecule has 35 heavy (non-hydrogen) atoms. The number of hydrogen-bond acceptors (Lipinski definition) is 6. The summed E-state index contributed by atoms with van der Waals surface area (Å²) >= 11 is 0. The molecule has 180 valence electrons. The lowest BCUT2D eigenvalue weighted by atomic mass is 10.0. The van der Waals surface area contributed by atoms with Gasteiger partial charge in [0.2, 0.25) is 0 Å². The number of fused-ring (bicyclic) bond motifs is 1. The second kappa shape index (κ2) is 12.1. The molecule has 1 unspecified atom stereocenters. The lowest BCUT2D eigenvalue weighted by Crippen LogP contribution is -2.37. The molecule has 4 rings (SSSR count). The summed E-state index contributed by atoms with van der Waals surface area (Å²) in [5, 5.41) is 25.9. The first kappa shape index (κ1) is 25.1. The molecule has 2 aromatic heterocycles. The van der Waals surface area contributed by atoms with Gasteiger partial charge in [-0.3, -0.25) is 19.5 Å². The van der Waals surface area contributed by atoms with Gasteiger partial charge in [0, 0.05) is 24.3 Å². The third-order valence-electron chi connectivity index (χ3n) is 5.65. The summed E-state index contributed by atoms with van der Waals surface area (Å²) in [7, 11) is 0. The quantitative estimate of drug-likeness (QED) is 0.464. The van der Waals surface area contributed by atoms with E-state index in [-0.39, 0.29) is 30.0 Å². The molecule has 0 spiro atoms. The molecule has 0 fully saturated rings. The van der Waals surface area contributed by atoms with Gasteiger partial charge in [0.15, 0.2) is 5.69 Å². The van der Waals surface area contributed by atoms with Gasteiger partial charge in [0.25, 0.3) is 18.3 Å². The van der Waals surface area contributed by atoms with Crippen molar-refractivity contribution >= 4 is 18.3 Å². The van der Waals surface area contributed by atoms with Gasteiger partial charge in [-0.05, 0) is 43.9 Å². The second-order valence-electron chi connectivity index (χ2n) is 8.05. The Morgan fingerprint density at radius 2 is 2.03 bits per heavy atom. The minimum atomic E-state index is -0.250. The van der Waals surface area contributed by atoms with Gasteiger partial charge < -0.3 is 15.3 Å². The van der Waals surface area contributed by atoms with E-state index < -0.39 is 0 Å². The van der Waals surface area contributed by atoms with Gasteiger partial charge in [-0.2, -0.15) is 10.4 Å². The average Bonchev–Trinajstić information content (AvgIpc) is 3.32. The first-order valence-corrected chi connectivity index (χ1v) is 11.1. The number of carbonyl (C=O) groups excluding carboxylic acids is 2. The summed E-state index contributed by atoms with van der Waals surface area (Å²) in [5.41, 5.74) is 3.97. The maximum Gasteiger partial charge on any atom is 0.290 e. The average molecular weight is 475 g/mol. The largest absolute Gasteiger partial charge is 0.483 e. The van der Waals surface area contributed by atoms with Crippen molar-refractivity contribution < 1.29 is 19.5 Å². The minimum absolute atomic E-state index is 0.0144. The first-order valence-electron chi connectivity index (χ1n) is 11.1. The Morgan fingerprint density at radius 3 is 2.69 bits per heavy atom. The number of nitriles is 1. The summed E-state index contributed by atoms with van der Waals surface area (Å²) in [5.74, 6) is -0.359. The maximum atomic E-state index is 12.8. The number of aromatic nitrogens is 3. The van der Waals surface area contributed by atoms with Crippen molar-refractivity contribution in [1.82, 2.24) is 25.4 Å². The Kier molecular flexibility index (Phi) is 8.67. The Balaban J connectivity index is 0.00000108. The number of H-pyrrole nitrogens is 1. The zero-order valence-corrected chi connectivity index (χ0v) is 19.3. The predicted molar refractivity (Wildman–Crippen MR) is 126 cm³/mol. The van der Waals surface area contributed by atoms with Crippen LogP contribution in [0.25, 0.3) is 0 Å². The van der Waals surface area contributed by atoms with Gasteiger partial charge in [-0.25, -0.2) is 4.98 Å². The molecule has 0 aliphatic carbocycles. The van der Waals surface area contributed by atoms with Crippen molar-refractivity contribution in [2.75, 3.05) is 6.54 Å². The molecule has 1 aromatic carbocycles. The molecule has 10 nitrogen and oxygen atoms in total. The number of hydrogen-bond donors (Lipinski definition) is 3. The summed E-state index contributed by atoms with van der Waals surface area (Å²) < 4.78 is 0. The Labute approximate surface area is 202 Å². The van der Waals surface area contributed by atoms with Crippen molar-refractivity contribution in [2.24, 2.45) is 0 Å². The van der Waals surface area contributed by atoms with Crippen LogP contribution in [-0.2, 0) is 24.2 Å². The molecule has 10 heteroatoms. The highest BCUT2D eigenvalue weighted by molar-refractivity contribution is 5.95. The van der Waals surface area contributed by atoms with Crippen LogP contribution < -0.4 is 5.32 Å². The van der Waals surface area contributed by atoms with Crippen LogP contribution >= 0.6 is 0 Å². The van der Waals surface area contributed by atoms with Crippen molar-refractivity contribution in [3.8, 4) is 6.07 Å². The molecule has 0 saturated heterocycles. The lowest BCUT2D eigenvalue weighted by Gasteiger charge is -2.27. The number of amides is 2. The fourth-order valence-electron chi connectivity index (χ4n) is 3.84. The number of carboxylic acid groups (broad SMARTS) is 1. The second-order valence-corrected chi connectivity index (χ2v) is 8.05. The Hall–Kier alpha value is -4.52. The molecule has 0 bridgehead atoms. The molecular formula is C25H26N6O4. The van der Waals surface area contributed by atoms with E-state index >= 15 is 0 Å². The number of aryl methyl sites for hydroxylation is 1. The van der Waals surface area contributed by atoms with Gasteiger partial charge in [0.1, 0.15) is 11.8 Å². The van der Waals surface area contributed by atoms with Crippen LogP contribution in [0.2, 0.25) is 0 Å². The van der Waals surface area contributed by atoms with E-state index in [0.29, 0.717) is 30.8 Å². The van der Waals surface area contributed by atoms with Gasteiger partial charge in [-0.15, -0.1) is 0 Å². The molecule has 0 saturated carbocycles. The number of nitrogens with one attached hydrogen (secondary N) is 2. The highest BCUT2D eigenvalue weighted by Crippen LogP contribution is 2.22. The van der Waals surface area contributed by atoms with E-state index in [9.17, 15) is 9.59 Å². The van der Waals surface area contributed by atoms with E-state index in [1.165, 1.54) is 17.8 Å². The van der Waals surface area contributed by atoms with E-state index in [1.807, 2.05) is 31.2 Å². The molecule has 1 aliphatic heterocycles. The standard InChI is InChI=1S/C24H24N6O2.CH2O2/c1-16(7-8-17-5-3-2-4-6-17)27-23(31)22-20-11-12-30(15-21(20)28-29-22)24(32)18-9-10-19(13-25)26-14-18;2-1-3/h2-6,9-10,14,16H,7-8,11-12,15H2,1H3,(H,27,31)(H,28,29);1H,(H,2,3). The van der Waals surface area contributed by atoms with Crippen LogP contribution in [0.3, 0.4) is 0 Å². The zero-order chi connectivity index (χ0) is 25.2. The summed E-state index contributed by atoms with van der Waals surface area (Å²) in [6.45, 7) is 2.57. The van der Waals surface area contributed by atoms with Crippen molar-refractivity contribution in [2.45, 2.75) is 38.8 Å². The van der Waals surface area contributed by atoms with E-state index in [1.54, 1.807) is 11.0 Å². The molecular weight excluding hydrogens is 448 g/mol. The third kappa shape index (κ3) is 6.51. The molecule has 3 heterocycles. The van der Waals surface area contributed by atoms with Gasteiger partial charge >= 0.3 is 0 Å². The van der Waals surface area contributed by atoms with Crippen LogP contribution in [0.5, 0.6) is 0 Å². The van der Waals surface area contributed by atoms with Crippen molar-refractivity contribution in [1.29, 1.82) is 5.26 Å². The number of carbonyl (C=O) groups is 3. The monoisotopic (exact) mass is 474 g/mol. The van der Waals surface area contributed by atoms with E-state index in [4.69, 9.17) is 15.2 Å². The molecule has 3 aromatic rings. The molecule has 1 aliphatic rings. The van der Waals surface area contributed by atoms with Crippen molar-refractivity contribution in [3.63, 3.8) is 0 Å². The fraction of sp³-hybridized carbons (Fsp3) is 0.280. The van der Waals surface area contributed by atoms with Crippen LogP contribution in [0.1, 0.15) is 56.7 Å². The SMILES string of the molecule is CC(CCc1ccccc1)NC(=O)c1n[nH]c2c1CCN(C(=O)c1ccc(C#N)nc1)C2.O=CO. The molecule has 0 radical (unpaired) electrons. The fourth-order valence-corrected chi connectivity index (χ4v) is 3.84. The van der Waals surface area contributed by atoms with E-state index in [2.05, 4.69) is 32.6 Å². The van der Waals surface area contributed by atoms with Crippen LogP contribution in [0.15, 0.2) is 48.7 Å². The number of rotatable bonds is 6. The Morgan fingerprint density at radius 1 is 1.29 bits per heavy atom. The molecule has 2 amide bonds. The summed E-state index contributed by atoms with van der Waals surface area (Å²) in [6, 6.07) is 15.3. The summed E-state index contributed by atoms with van der Waals surface area (Å²) in [6.07, 6.45) is 3.69. The number of aromatic amines is 1. The predicted octanol–water partition coefficient (Wildman–Crippen LogP) is 2.33. The smallest absolute Gasteiger partial charge is 0.290 e. The number of benzene rings is 1. The van der Waals surface area contributed by atoms with Gasteiger partial charge in [-0.1, -0.05) is 30.3 Å². The van der Waals surface area contributed by atoms with Crippen molar-refractivity contribution in [3.05, 3.63) is 82.4 Å². The first-order chi connectivity index (χ1) is 17.0. The molecule has 1 atom stereocenters. The van der Waals surface area contributed by atoms with Gasteiger partial charge in [0.05, 0.1) is 17.8 Å². The third-order valence-corrected chi connectivity index (χ3v) is 5.65.